The molecular weight excluding hydrogens is 328 g/mol. The molecule has 1 aliphatic carbocycles. The SMILES string of the molecule is CC1=CCCc2cc3c(cnn3C3CCCCO3)c(Br)c21. The van der Waals surface area contributed by atoms with Crippen molar-refractivity contribution in [1.29, 1.82) is 0 Å². The van der Waals surface area contributed by atoms with Gasteiger partial charge in [-0.05, 0) is 77.7 Å². The predicted octanol–water partition coefficient (Wildman–Crippen LogP) is 4.85. The molecule has 1 aromatic heterocycles. The maximum Gasteiger partial charge on any atom is 0.150 e. The molecule has 2 heterocycles. The average molecular weight is 347 g/mol. The van der Waals surface area contributed by atoms with Gasteiger partial charge in [0.15, 0.2) is 6.23 Å². The minimum atomic E-state index is 0.0985. The molecule has 0 spiro atoms. The normalized spacial score (nSPS) is 22.2. The van der Waals surface area contributed by atoms with Crippen LogP contribution in [-0.2, 0) is 11.2 Å². The van der Waals surface area contributed by atoms with Crippen molar-refractivity contribution in [3.8, 4) is 0 Å². The molecular formula is C17H19BrN2O. The Morgan fingerprint density at radius 1 is 1.38 bits per heavy atom. The van der Waals surface area contributed by atoms with Crippen LogP contribution < -0.4 is 0 Å². The highest BCUT2D eigenvalue weighted by Gasteiger charge is 2.22. The zero-order valence-corrected chi connectivity index (χ0v) is 13.8. The average Bonchev–Trinajstić information content (AvgIpc) is 2.92. The minimum Gasteiger partial charge on any atom is -0.356 e. The molecule has 1 aliphatic heterocycles. The van der Waals surface area contributed by atoms with E-state index in [9.17, 15) is 0 Å². The number of allylic oxidation sites excluding steroid dienone is 2. The van der Waals surface area contributed by atoms with E-state index in [0.29, 0.717) is 0 Å². The Bertz CT molecular complexity index is 726. The van der Waals surface area contributed by atoms with Gasteiger partial charge in [0, 0.05) is 16.5 Å². The van der Waals surface area contributed by atoms with Gasteiger partial charge < -0.3 is 4.74 Å². The van der Waals surface area contributed by atoms with Crippen LogP contribution in [0.5, 0.6) is 0 Å². The van der Waals surface area contributed by atoms with Gasteiger partial charge in [-0.15, -0.1) is 0 Å². The topological polar surface area (TPSA) is 27.1 Å². The summed E-state index contributed by atoms with van der Waals surface area (Å²) in [5.41, 5.74) is 5.35. The second-order valence-electron chi connectivity index (χ2n) is 5.99. The highest BCUT2D eigenvalue weighted by molar-refractivity contribution is 9.10. The Kier molecular flexibility index (Phi) is 3.38. The van der Waals surface area contributed by atoms with Crippen molar-refractivity contribution in [3.05, 3.63) is 33.9 Å². The first kappa shape index (κ1) is 13.5. The molecule has 0 amide bonds. The van der Waals surface area contributed by atoms with Crippen molar-refractivity contribution in [2.45, 2.75) is 45.3 Å². The van der Waals surface area contributed by atoms with E-state index in [1.807, 2.05) is 6.20 Å². The van der Waals surface area contributed by atoms with Crippen LogP contribution in [0.15, 0.2) is 22.8 Å². The van der Waals surface area contributed by atoms with Gasteiger partial charge in [0.1, 0.15) is 0 Å². The zero-order valence-electron chi connectivity index (χ0n) is 12.2. The van der Waals surface area contributed by atoms with E-state index < -0.39 is 0 Å². The molecule has 0 bridgehead atoms. The first-order valence-corrected chi connectivity index (χ1v) is 8.52. The summed E-state index contributed by atoms with van der Waals surface area (Å²) >= 11 is 3.81. The maximum atomic E-state index is 5.91. The lowest BCUT2D eigenvalue weighted by atomic mass is 9.90. The van der Waals surface area contributed by atoms with E-state index in [2.05, 4.69) is 44.8 Å². The number of rotatable bonds is 1. The minimum absolute atomic E-state index is 0.0985. The summed E-state index contributed by atoms with van der Waals surface area (Å²) in [4.78, 5) is 0. The summed E-state index contributed by atoms with van der Waals surface area (Å²) in [6, 6.07) is 2.32. The smallest absolute Gasteiger partial charge is 0.150 e. The number of ether oxygens (including phenoxy) is 1. The molecule has 1 saturated heterocycles. The third-order valence-electron chi connectivity index (χ3n) is 4.61. The van der Waals surface area contributed by atoms with Gasteiger partial charge in [0.25, 0.3) is 0 Å². The van der Waals surface area contributed by atoms with Crippen molar-refractivity contribution < 1.29 is 4.74 Å². The lowest BCUT2D eigenvalue weighted by Gasteiger charge is -2.24. The standard InChI is InChI=1S/C17H19BrN2O/c1-11-5-4-6-12-9-14-13(17(18)16(11)12)10-19-20(14)15-7-2-3-8-21-15/h5,9-10,15H,2-4,6-8H2,1H3. The zero-order chi connectivity index (χ0) is 14.4. The van der Waals surface area contributed by atoms with E-state index in [4.69, 9.17) is 4.74 Å². The molecule has 2 aromatic rings. The summed E-state index contributed by atoms with van der Waals surface area (Å²) in [5.74, 6) is 0. The van der Waals surface area contributed by atoms with E-state index >= 15 is 0 Å². The first-order valence-electron chi connectivity index (χ1n) is 7.73. The summed E-state index contributed by atoms with van der Waals surface area (Å²) in [5, 5.41) is 5.81. The van der Waals surface area contributed by atoms with Crippen LogP contribution >= 0.6 is 15.9 Å². The quantitative estimate of drug-likeness (QED) is 0.738. The Balaban J connectivity index is 1.89. The van der Waals surface area contributed by atoms with Crippen LogP contribution in [0.25, 0.3) is 16.5 Å². The van der Waals surface area contributed by atoms with E-state index in [-0.39, 0.29) is 6.23 Å². The van der Waals surface area contributed by atoms with Gasteiger partial charge in [-0.1, -0.05) is 6.08 Å². The number of benzene rings is 1. The van der Waals surface area contributed by atoms with Gasteiger partial charge in [-0.2, -0.15) is 5.10 Å². The molecule has 1 unspecified atom stereocenters. The van der Waals surface area contributed by atoms with Gasteiger partial charge in [-0.25, -0.2) is 4.68 Å². The van der Waals surface area contributed by atoms with Crippen LogP contribution in [0.4, 0.5) is 0 Å². The number of nitrogens with zero attached hydrogens (tertiary/aromatic N) is 2. The molecule has 0 N–H and O–H groups in total. The number of hydrogen-bond acceptors (Lipinski definition) is 2. The molecule has 1 fully saturated rings. The summed E-state index contributed by atoms with van der Waals surface area (Å²) in [6.45, 7) is 3.04. The van der Waals surface area contributed by atoms with Crippen LogP contribution in [0.1, 0.15) is 50.0 Å². The van der Waals surface area contributed by atoms with Crippen molar-refractivity contribution in [3.63, 3.8) is 0 Å². The fraction of sp³-hybridized carbons (Fsp3) is 0.471. The van der Waals surface area contributed by atoms with Crippen LogP contribution in [0.3, 0.4) is 0 Å². The number of hydrogen-bond donors (Lipinski definition) is 0. The van der Waals surface area contributed by atoms with Crippen LogP contribution in [-0.4, -0.2) is 16.4 Å². The predicted molar refractivity (Wildman–Crippen MR) is 88.2 cm³/mol. The Labute approximate surface area is 133 Å². The second-order valence-corrected chi connectivity index (χ2v) is 6.79. The van der Waals surface area contributed by atoms with Gasteiger partial charge in [-0.3, -0.25) is 0 Å². The van der Waals surface area contributed by atoms with E-state index in [0.717, 1.165) is 25.9 Å². The van der Waals surface area contributed by atoms with Crippen LogP contribution in [0.2, 0.25) is 0 Å². The molecule has 0 saturated carbocycles. The molecule has 0 radical (unpaired) electrons. The fourth-order valence-corrected chi connectivity index (χ4v) is 4.39. The second kappa shape index (κ2) is 5.25. The monoisotopic (exact) mass is 346 g/mol. The first-order chi connectivity index (χ1) is 10.3. The Hall–Kier alpha value is -1.13. The number of halogens is 1. The van der Waals surface area contributed by atoms with Gasteiger partial charge >= 0.3 is 0 Å². The highest BCUT2D eigenvalue weighted by Crippen LogP contribution is 2.39. The van der Waals surface area contributed by atoms with Gasteiger partial charge in [0.05, 0.1) is 11.7 Å². The molecule has 1 atom stereocenters. The highest BCUT2D eigenvalue weighted by atomic mass is 79.9. The number of aryl methyl sites for hydroxylation is 1. The van der Waals surface area contributed by atoms with Crippen molar-refractivity contribution in [2.24, 2.45) is 0 Å². The lowest BCUT2D eigenvalue weighted by Crippen LogP contribution is -2.19. The summed E-state index contributed by atoms with van der Waals surface area (Å²) in [6.07, 6.45) is 10.1. The Morgan fingerprint density at radius 2 is 2.29 bits per heavy atom. The molecule has 2 aliphatic rings. The van der Waals surface area contributed by atoms with Crippen LogP contribution in [0, 0.1) is 0 Å². The fourth-order valence-electron chi connectivity index (χ4n) is 3.51. The lowest BCUT2D eigenvalue weighted by molar-refractivity contribution is -0.0366. The third-order valence-corrected chi connectivity index (χ3v) is 5.43. The Morgan fingerprint density at radius 3 is 3.10 bits per heavy atom. The number of aromatic nitrogens is 2. The third kappa shape index (κ3) is 2.16. The molecule has 3 nitrogen and oxygen atoms in total. The van der Waals surface area contributed by atoms with E-state index in [1.54, 1.807) is 0 Å². The molecule has 1 aromatic carbocycles. The molecule has 21 heavy (non-hydrogen) atoms. The molecule has 4 heteroatoms. The van der Waals surface area contributed by atoms with Crippen molar-refractivity contribution >= 4 is 32.4 Å². The summed E-state index contributed by atoms with van der Waals surface area (Å²) < 4.78 is 9.17. The number of fused-ring (bicyclic) bond motifs is 2. The van der Waals surface area contributed by atoms with Crippen molar-refractivity contribution in [1.82, 2.24) is 9.78 Å². The van der Waals surface area contributed by atoms with E-state index in [1.165, 1.54) is 44.9 Å². The molecule has 4 rings (SSSR count). The maximum absolute atomic E-state index is 5.91. The van der Waals surface area contributed by atoms with Crippen molar-refractivity contribution in [2.75, 3.05) is 6.61 Å². The largest absolute Gasteiger partial charge is 0.356 e. The summed E-state index contributed by atoms with van der Waals surface area (Å²) in [7, 11) is 0. The van der Waals surface area contributed by atoms with Gasteiger partial charge in [0.2, 0.25) is 0 Å². The molecule has 110 valence electrons.